The molecule has 2 aromatic heterocycles. The van der Waals surface area contributed by atoms with E-state index in [1.165, 1.54) is 19.1 Å². The number of rotatable bonds is 3. The first-order valence-electron chi connectivity index (χ1n) is 7.83. The minimum absolute atomic E-state index is 0.0970. The highest BCUT2D eigenvalue weighted by Gasteiger charge is 2.20. The van der Waals surface area contributed by atoms with Crippen molar-refractivity contribution in [2.45, 2.75) is 27.3 Å². The number of carbonyl (C=O) groups is 1. The molecule has 4 nitrogen and oxygen atoms in total. The number of hydrogen-bond acceptors (Lipinski definition) is 2. The summed E-state index contributed by atoms with van der Waals surface area (Å²) in [6.45, 7) is 5.97. The van der Waals surface area contributed by atoms with Gasteiger partial charge in [-0.05, 0) is 43.2 Å². The van der Waals surface area contributed by atoms with Gasteiger partial charge in [-0.3, -0.25) is 9.69 Å². The van der Waals surface area contributed by atoms with E-state index < -0.39 is 0 Å². The highest BCUT2D eigenvalue weighted by molar-refractivity contribution is 6.02. The van der Waals surface area contributed by atoms with E-state index >= 15 is 0 Å². The van der Waals surface area contributed by atoms with E-state index in [1.54, 1.807) is 23.2 Å². The van der Waals surface area contributed by atoms with Crippen molar-refractivity contribution < 1.29 is 9.18 Å². The molecule has 124 valence electrons. The first kappa shape index (κ1) is 16.2. The molecule has 3 aromatic rings. The Labute approximate surface area is 140 Å². The van der Waals surface area contributed by atoms with Crippen molar-refractivity contribution in [1.82, 2.24) is 9.55 Å². The average Bonchev–Trinajstić information content (AvgIpc) is 2.79. The Balaban J connectivity index is 2.12. The van der Waals surface area contributed by atoms with Gasteiger partial charge in [0, 0.05) is 31.2 Å². The third-order valence-electron chi connectivity index (χ3n) is 4.58. The molecule has 0 aliphatic carbocycles. The van der Waals surface area contributed by atoms with E-state index in [0.717, 1.165) is 27.7 Å². The zero-order valence-corrected chi connectivity index (χ0v) is 14.3. The number of fused-ring (bicyclic) bond motifs is 1. The van der Waals surface area contributed by atoms with E-state index in [9.17, 15) is 9.18 Å². The summed E-state index contributed by atoms with van der Waals surface area (Å²) in [5.41, 5.74) is 4.15. The minimum Gasteiger partial charge on any atom is -0.348 e. The maximum atomic E-state index is 13.1. The summed E-state index contributed by atoms with van der Waals surface area (Å²) in [6.07, 6.45) is 1.72. The van der Waals surface area contributed by atoms with Crippen LogP contribution in [-0.4, -0.2) is 15.5 Å². The SMILES string of the molecule is CC(=O)N(Cc1ccc(F)cc1)c1nccc2c1c(C)c(C)n2C. The summed E-state index contributed by atoms with van der Waals surface area (Å²) in [5, 5.41) is 0.981. The molecule has 0 bridgehead atoms. The third-order valence-corrected chi connectivity index (χ3v) is 4.58. The number of benzene rings is 1. The van der Waals surface area contributed by atoms with Gasteiger partial charge < -0.3 is 4.57 Å². The van der Waals surface area contributed by atoms with Crippen LogP contribution in [0.4, 0.5) is 10.2 Å². The largest absolute Gasteiger partial charge is 0.348 e. The van der Waals surface area contributed by atoms with Crippen molar-refractivity contribution in [2.75, 3.05) is 4.90 Å². The number of nitrogens with zero attached hydrogens (tertiary/aromatic N) is 3. The number of amides is 1. The van der Waals surface area contributed by atoms with Gasteiger partial charge in [0.2, 0.25) is 5.91 Å². The van der Waals surface area contributed by atoms with Crippen LogP contribution in [0.15, 0.2) is 36.5 Å². The molecule has 3 rings (SSSR count). The van der Waals surface area contributed by atoms with E-state index in [-0.39, 0.29) is 11.7 Å². The minimum atomic E-state index is -0.289. The summed E-state index contributed by atoms with van der Waals surface area (Å²) in [7, 11) is 2.01. The van der Waals surface area contributed by atoms with Gasteiger partial charge in [0.05, 0.1) is 12.1 Å². The molecule has 5 heteroatoms. The molecule has 0 spiro atoms. The van der Waals surface area contributed by atoms with Crippen molar-refractivity contribution in [3.05, 3.63) is 59.2 Å². The van der Waals surface area contributed by atoms with Gasteiger partial charge in [0.15, 0.2) is 0 Å². The molecule has 0 fully saturated rings. The van der Waals surface area contributed by atoms with Gasteiger partial charge in [0.1, 0.15) is 11.6 Å². The van der Waals surface area contributed by atoms with Crippen LogP contribution in [0.3, 0.4) is 0 Å². The van der Waals surface area contributed by atoms with Crippen LogP contribution in [0, 0.1) is 19.7 Å². The second-order valence-corrected chi connectivity index (χ2v) is 6.03. The molecule has 24 heavy (non-hydrogen) atoms. The van der Waals surface area contributed by atoms with Crippen molar-refractivity contribution >= 4 is 22.6 Å². The summed E-state index contributed by atoms with van der Waals surface area (Å²) in [5.74, 6) is 0.258. The summed E-state index contributed by atoms with van der Waals surface area (Å²) >= 11 is 0. The predicted molar refractivity (Wildman–Crippen MR) is 93.5 cm³/mol. The van der Waals surface area contributed by atoms with Crippen molar-refractivity contribution in [1.29, 1.82) is 0 Å². The van der Waals surface area contributed by atoms with Gasteiger partial charge in [-0.1, -0.05) is 12.1 Å². The lowest BCUT2D eigenvalue weighted by molar-refractivity contribution is -0.116. The highest BCUT2D eigenvalue weighted by Crippen LogP contribution is 2.32. The molecule has 0 saturated heterocycles. The quantitative estimate of drug-likeness (QED) is 0.733. The molecule has 0 unspecified atom stereocenters. The highest BCUT2D eigenvalue weighted by atomic mass is 19.1. The number of pyridine rings is 1. The van der Waals surface area contributed by atoms with Gasteiger partial charge in [-0.25, -0.2) is 9.37 Å². The number of anilines is 1. The topological polar surface area (TPSA) is 38.1 Å². The van der Waals surface area contributed by atoms with Gasteiger partial charge in [-0.15, -0.1) is 0 Å². The fourth-order valence-corrected chi connectivity index (χ4v) is 3.01. The van der Waals surface area contributed by atoms with Crippen LogP contribution >= 0.6 is 0 Å². The molecular weight excluding hydrogens is 305 g/mol. The predicted octanol–water partition coefficient (Wildman–Crippen LogP) is 3.88. The first-order valence-corrected chi connectivity index (χ1v) is 7.83. The zero-order chi connectivity index (χ0) is 17.4. The number of halogens is 1. The van der Waals surface area contributed by atoms with Crippen LogP contribution in [0.2, 0.25) is 0 Å². The normalized spacial score (nSPS) is 11.0. The molecule has 0 aliphatic heterocycles. The Hall–Kier alpha value is -2.69. The number of carbonyl (C=O) groups excluding carboxylic acids is 1. The number of aromatic nitrogens is 2. The van der Waals surface area contributed by atoms with E-state index in [4.69, 9.17) is 0 Å². The average molecular weight is 325 g/mol. The second-order valence-electron chi connectivity index (χ2n) is 6.03. The smallest absolute Gasteiger partial charge is 0.225 e. The van der Waals surface area contributed by atoms with Crippen molar-refractivity contribution in [3.63, 3.8) is 0 Å². The molecule has 1 aromatic carbocycles. The molecule has 2 heterocycles. The molecule has 0 N–H and O–H groups in total. The van der Waals surface area contributed by atoms with Gasteiger partial charge in [-0.2, -0.15) is 0 Å². The molecule has 0 radical (unpaired) electrons. The molecule has 0 aliphatic rings. The molecule has 0 atom stereocenters. The van der Waals surface area contributed by atoms with Crippen LogP contribution in [0.5, 0.6) is 0 Å². The Kier molecular flexibility index (Phi) is 4.09. The van der Waals surface area contributed by atoms with Crippen LogP contribution in [0.1, 0.15) is 23.7 Å². The van der Waals surface area contributed by atoms with E-state index in [1.807, 2.05) is 20.0 Å². The van der Waals surface area contributed by atoms with Crippen molar-refractivity contribution in [2.24, 2.45) is 7.05 Å². The monoisotopic (exact) mass is 325 g/mol. The lowest BCUT2D eigenvalue weighted by atomic mass is 10.1. The maximum Gasteiger partial charge on any atom is 0.225 e. The fourth-order valence-electron chi connectivity index (χ4n) is 3.01. The molecular formula is C19H20FN3O. The van der Waals surface area contributed by atoms with Crippen LogP contribution < -0.4 is 4.90 Å². The van der Waals surface area contributed by atoms with E-state index in [2.05, 4.69) is 16.5 Å². The first-order chi connectivity index (χ1) is 11.4. The summed E-state index contributed by atoms with van der Waals surface area (Å²) in [6, 6.07) is 8.14. The molecule has 0 saturated carbocycles. The van der Waals surface area contributed by atoms with Crippen LogP contribution in [-0.2, 0) is 18.4 Å². The van der Waals surface area contributed by atoms with Crippen molar-refractivity contribution in [3.8, 4) is 0 Å². The Morgan fingerprint density at radius 3 is 2.50 bits per heavy atom. The lowest BCUT2D eigenvalue weighted by Crippen LogP contribution is -2.29. The molecule has 1 amide bonds. The van der Waals surface area contributed by atoms with E-state index in [0.29, 0.717) is 12.4 Å². The third kappa shape index (κ3) is 2.66. The van der Waals surface area contributed by atoms with Gasteiger partial charge >= 0.3 is 0 Å². The fraction of sp³-hybridized carbons (Fsp3) is 0.263. The van der Waals surface area contributed by atoms with Gasteiger partial charge in [0.25, 0.3) is 0 Å². The Bertz CT molecular complexity index is 913. The number of aryl methyl sites for hydroxylation is 2. The van der Waals surface area contributed by atoms with Crippen LogP contribution in [0.25, 0.3) is 10.9 Å². The lowest BCUT2D eigenvalue weighted by Gasteiger charge is -2.21. The Morgan fingerprint density at radius 1 is 1.21 bits per heavy atom. The second kappa shape index (κ2) is 6.07. The summed E-state index contributed by atoms with van der Waals surface area (Å²) < 4.78 is 15.2. The Morgan fingerprint density at radius 2 is 1.88 bits per heavy atom. The summed E-state index contributed by atoms with van der Waals surface area (Å²) in [4.78, 5) is 18.4. The zero-order valence-electron chi connectivity index (χ0n) is 14.3. The number of hydrogen-bond donors (Lipinski definition) is 0. The standard InChI is InChI=1S/C19H20FN3O/c1-12-13(2)22(4)17-9-10-21-19(18(12)17)23(14(3)24)11-15-5-7-16(20)8-6-15/h5-10H,11H2,1-4H3. The maximum absolute atomic E-state index is 13.1.